The lowest BCUT2D eigenvalue weighted by Gasteiger charge is -2.38. The van der Waals surface area contributed by atoms with Crippen molar-refractivity contribution in [3.05, 3.63) is 35.2 Å². The van der Waals surface area contributed by atoms with E-state index in [1.807, 2.05) is 11.3 Å². The van der Waals surface area contributed by atoms with Gasteiger partial charge in [-0.15, -0.1) is 11.3 Å². The van der Waals surface area contributed by atoms with E-state index in [0.717, 1.165) is 19.6 Å². The molecule has 2 rings (SSSR count). The highest BCUT2D eigenvalue weighted by atomic mass is 32.1. The number of thiophene rings is 1. The first-order valence-corrected chi connectivity index (χ1v) is 8.37. The van der Waals surface area contributed by atoms with Crippen molar-refractivity contribution in [2.45, 2.75) is 45.8 Å². The summed E-state index contributed by atoms with van der Waals surface area (Å²) < 4.78 is 7.49. The minimum atomic E-state index is -0.178. The predicted molar refractivity (Wildman–Crippen MR) is 88.6 cm³/mol. The molecule has 0 spiro atoms. The number of fused-ring (bicyclic) bond motifs is 1. The molecule has 1 aromatic heterocycles. The van der Waals surface area contributed by atoms with Crippen molar-refractivity contribution in [1.82, 2.24) is 5.32 Å². The molecule has 0 saturated carbocycles. The Morgan fingerprint density at radius 3 is 2.70 bits per heavy atom. The van der Waals surface area contributed by atoms with Crippen LogP contribution in [-0.4, -0.2) is 18.8 Å². The summed E-state index contributed by atoms with van der Waals surface area (Å²) in [5, 5.41) is 7.13. The zero-order chi connectivity index (χ0) is 14.6. The number of ether oxygens (including phenoxy) is 1. The monoisotopic (exact) mass is 291 g/mol. The summed E-state index contributed by atoms with van der Waals surface area (Å²) in [6.45, 7) is 10.3. The number of nitrogens with one attached hydrogen (secondary N) is 1. The summed E-state index contributed by atoms with van der Waals surface area (Å²) in [6.07, 6.45) is 0.986. The molecular weight excluding hydrogens is 266 g/mol. The van der Waals surface area contributed by atoms with Crippen molar-refractivity contribution in [3.63, 3.8) is 0 Å². The maximum atomic E-state index is 6.12. The van der Waals surface area contributed by atoms with Crippen LogP contribution < -0.4 is 5.32 Å². The summed E-state index contributed by atoms with van der Waals surface area (Å²) in [5.74, 6) is 0. The van der Waals surface area contributed by atoms with Crippen LogP contribution >= 0.6 is 11.3 Å². The molecule has 3 heteroatoms. The van der Waals surface area contributed by atoms with E-state index in [1.54, 1.807) is 0 Å². The van der Waals surface area contributed by atoms with Crippen molar-refractivity contribution in [2.24, 2.45) is 0 Å². The molecule has 0 saturated heterocycles. The molecule has 0 aliphatic carbocycles. The molecular formula is C17H25NOS. The first-order valence-electron chi connectivity index (χ1n) is 7.49. The van der Waals surface area contributed by atoms with E-state index >= 15 is 0 Å². The van der Waals surface area contributed by atoms with Gasteiger partial charge in [0.2, 0.25) is 0 Å². The lowest BCUT2D eigenvalue weighted by molar-refractivity contribution is -0.0556. The number of likely N-dealkylation sites (N-methyl/N-ethyl adjacent to an activating group) is 1. The Kier molecular flexibility index (Phi) is 5.19. The zero-order valence-corrected chi connectivity index (χ0v) is 13.7. The summed E-state index contributed by atoms with van der Waals surface area (Å²) in [5.41, 5.74) is 1.18. The lowest BCUT2D eigenvalue weighted by atomic mass is 9.87. The van der Waals surface area contributed by atoms with Gasteiger partial charge in [0.05, 0.1) is 11.6 Å². The molecule has 1 heterocycles. The normalized spacial score (nSPS) is 16.2. The zero-order valence-electron chi connectivity index (χ0n) is 12.9. The van der Waals surface area contributed by atoms with Gasteiger partial charge in [0, 0.05) is 11.3 Å². The van der Waals surface area contributed by atoms with Crippen LogP contribution in [0.5, 0.6) is 0 Å². The minimum absolute atomic E-state index is 0.178. The van der Waals surface area contributed by atoms with Crippen LogP contribution in [0.15, 0.2) is 29.6 Å². The molecule has 1 N–H and O–H groups in total. The fourth-order valence-corrected chi connectivity index (χ4v) is 3.77. The number of rotatable bonds is 7. The molecule has 0 fully saturated rings. The summed E-state index contributed by atoms with van der Waals surface area (Å²) >= 11 is 1.82. The Hall–Kier alpha value is -0.900. The van der Waals surface area contributed by atoms with Crippen molar-refractivity contribution in [2.75, 3.05) is 13.2 Å². The third-order valence-electron chi connectivity index (χ3n) is 4.02. The fourth-order valence-electron chi connectivity index (χ4n) is 2.82. The van der Waals surface area contributed by atoms with Crippen molar-refractivity contribution >= 4 is 21.4 Å². The van der Waals surface area contributed by atoms with Gasteiger partial charge in [0.15, 0.2) is 0 Å². The lowest BCUT2D eigenvalue weighted by Crippen LogP contribution is -2.43. The SMILES string of the molecule is CCNC(c1cccc2ccsc12)C(C)(CC)OCC. The third-order valence-corrected chi connectivity index (χ3v) is 4.99. The smallest absolute Gasteiger partial charge is 0.0846 e. The molecule has 0 radical (unpaired) electrons. The van der Waals surface area contributed by atoms with Gasteiger partial charge in [0.25, 0.3) is 0 Å². The van der Waals surface area contributed by atoms with E-state index in [0.29, 0.717) is 0 Å². The molecule has 0 aliphatic heterocycles. The molecule has 2 unspecified atom stereocenters. The van der Waals surface area contributed by atoms with E-state index < -0.39 is 0 Å². The molecule has 2 aromatic rings. The van der Waals surface area contributed by atoms with Crippen LogP contribution in [0.3, 0.4) is 0 Å². The minimum Gasteiger partial charge on any atom is -0.374 e. The molecule has 1 aromatic carbocycles. The van der Waals surface area contributed by atoms with Gasteiger partial charge >= 0.3 is 0 Å². The van der Waals surface area contributed by atoms with E-state index in [9.17, 15) is 0 Å². The number of hydrogen-bond donors (Lipinski definition) is 1. The standard InChI is InChI=1S/C17H25NOS/c1-5-17(4,19-7-3)16(18-6-2)14-10-8-9-13-11-12-20-15(13)14/h8-12,16,18H,5-7H2,1-4H3. The van der Waals surface area contributed by atoms with Gasteiger partial charge in [-0.25, -0.2) is 0 Å². The van der Waals surface area contributed by atoms with Gasteiger partial charge in [-0.1, -0.05) is 32.0 Å². The molecule has 20 heavy (non-hydrogen) atoms. The van der Waals surface area contributed by atoms with Gasteiger partial charge in [0.1, 0.15) is 0 Å². The van der Waals surface area contributed by atoms with E-state index in [4.69, 9.17) is 4.74 Å². The van der Waals surface area contributed by atoms with Crippen LogP contribution in [0.4, 0.5) is 0 Å². The summed E-state index contributed by atoms with van der Waals surface area (Å²) in [4.78, 5) is 0. The van der Waals surface area contributed by atoms with Crippen LogP contribution in [0.1, 0.15) is 45.7 Å². The van der Waals surface area contributed by atoms with Gasteiger partial charge in [-0.05, 0) is 49.2 Å². The highest BCUT2D eigenvalue weighted by Crippen LogP contribution is 2.37. The van der Waals surface area contributed by atoms with Crippen molar-refractivity contribution < 1.29 is 4.74 Å². The molecule has 2 atom stereocenters. The first-order chi connectivity index (χ1) is 9.66. The van der Waals surface area contributed by atoms with Crippen LogP contribution in [0.25, 0.3) is 10.1 Å². The maximum absolute atomic E-state index is 6.12. The number of hydrogen-bond acceptors (Lipinski definition) is 3. The van der Waals surface area contributed by atoms with Crippen LogP contribution in [0, 0.1) is 0 Å². The molecule has 0 amide bonds. The second-order valence-corrected chi connectivity index (χ2v) is 6.19. The largest absolute Gasteiger partial charge is 0.374 e. The van der Waals surface area contributed by atoms with Gasteiger partial charge < -0.3 is 10.1 Å². The van der Waals surface area contributed by atoms with Gasteiger partial charge in [-0.2, -0.15) is 0 Å². The molecule has 2 nitrogen and oxygen atoms in total. The quantitative estimate of drug-likeness (QED) is 0.794. The molecule has 0 aliphatic rings. The highest BCUT2D eigenvalue weighted by Gasteiger charge is 2.35. The average molecular weight is 291 g/mol. The Morgan fingerprint density at radius 1 is 1.25 bits per heavy atom. The van der Waals surface area contributed by atoms with E-state index in [2.05, 4.69) is 62.7 Å². The predicted octanol–water partition coefficient (Wildman–Crippen LogP) is 4.76. The molecule has 0 bridgehead atoms. The van der Waals surface area contributed by atoms with E-state index in [-0.39, 0.29) is 11.6 Å². The average Bonchev–Trinajstić information content (AvgIpc) is 2.93. The Morgan fingerprint density at radius 2 is 2.05 bits per heavy atom. The van der Waals surface area contributed by atoms with Crippen molar-refractivity contribution in [3.8, 4) is 0 Å². The van der Waals surface area contributed by atoms with Crippen molar-refractivity contribution in [1.29, 1.82) is 0 Å². The first kappa shape index (κ1) is 15.5. The highest BCUT2D eigenvalue weighted by molar-refractivity contribution is 7.17. The van der Waals surface area contributed by atoms with Crippen LogP contribution in [0.2, 0.25) is 0 Å². The second kappa shape index (κ2) is 6.70. The fraction of sp³-hybridized carbons (Fsp3) is 0.529. The second-order valence-electron chi connectivity index (χ2n) is 5.28. The summed E-state index contributed by atoms with van der Waals surface area (Å²) in [6, 6.07) is 8.98. The Labute approximate surface area is 126 Å². The topological polar surface area (TPSA) is 21.3 Å². The van der Waals surface area contributed by atoms with E-state index in [1.165, 1.54) is 15.6 Å². The number of benzene rings is 1. The summed E-state index contributed by atoms with van der Waals surface area (Å²) in [7, 11) is 0. The Balaban J connectivity index is 2.49. The molecule has 110 valence electrons. The van der Waals surface area contributed by atoms with Crippen LogP contribution in [-0.2, 0) is 4.74 Å². The Bertz CT molecular complexity index is 551. The third kappa shape index (κ3) is 2.90. The van der Waals surface area contributed by atoms with Gasteiger partial charge in [-0.3, -0.25) is 0 Å². The maximum Gasteiger partial charge on any atom is 0.0846 e.